The summed E-state index contributed by atoms with van der Waals surface area (Å²) in [7, 11) is 1.64. The first-order valence-electron chi connectivity index (χ1n) is 23.2. The van der Waals surface area contributed by atoms with Crippen molar-refractivity contribution in [2.24, 2.45) is 0 Å². The van der Waals surface area contributed by atoms with Crippen LogP contribution in [0, 0.1) is 22.7 Å². The van der Waals surface area contributed by atoms with Crippen molar-refractivity contribution >= 4 is 81.3 Å². The Kier molecular flexibility index (Phi) is 29.6. The van der Waals surface area contributed by atoms with Gasteiger partial charge < -0.3 is 30.8 Å². The number of anilines is 2. The first-order chi connectivity index (χ1) is 36.5. The molecule has 4 N–H and O–H groups in total. The van der Waals surface area contributed by atoms with Gasteiger partial charge in [-0.25, -0.2) is 19.0 Å². The first kappa shape index (κ1) is 68.9. The quantitative estimate of drug-likeness (QED) is 0.0623. The van der Waals surface area contributed by atoms with Gasteiger partial charge in [0.25, 0.3) is 30.1 Å². The van der Waals surface area contributed by atoms with E-state index in [0.717, 1.165) is 26.6 Å². The van der Waals surface area contributed by atoms with E-state index in [-0.39, 0.29) is 86.6 Å². The van der Waals surface area contributed by atoms with Crippen LogP contribution in [0.2, 0.25) is 0 Å². The monoisotopic (exact) mass is 1150 g/mol. The average molecular weight is 1150 g/mol. The summed E-state index contributed by atoms with van der Waals surface area (Å²) in [5.41, 5.74) is 6.67. The summed E-state index contributed by atoms with van der Waals surface area (Å²) in [6.45, 7) is 11.5. The SMILES string of the molecule is C.C.CC.CC(C)N(C(=O)c1ccn2ncc(Br)c2c1)c1ccc(C#N)cn1.CNC(=O)c1ccc(-c2cnn3ccc(C(=O)N(c4ccc(C#N)cn4)C(C)C)cc23)cc1.CNC(=O)c1ccc(B(O)O)cc1.O=CO[O-].[Na+]. The van der Waals surface area contributed by atoms with Gasteiger partial charge in [0.05, 0.1) is 39.0 Å². The average Bonchev–Trinajstić information content (AvgIpc) is 4.06. The number of hydrogen-bond donors (Lipinski definition) is 4. The molecule has 0 aliphatic carbocycles. The molecule has 2 aromatic carbocycles. The molecule has 21 nitrogen and oxygen atoms in total. The van der Waals surface area contributed by atoms with Crippen molar-refractivity contribution in [2.45, 2.75) is 68.5 Å². The van der Waals surface area contributed by atoms with Gasteiger partial charge >= 0.3 is 36.7 Å². The van der Waals surface area contributed by atoms with Crippen LogP contribution >= 0.6 is 15.9 Å². The number of benzene rings is 2. The van der Waals surface area contributed by atoms with Crippen molar-refractivity contribution in [3.05, 3.63) is 172 Å². The van der Waals surface area contributed by atoms with E-state index >= 15 is 0 Å². The molecular weight excluding hydrogens is 1090 g/mol. The molecule has 0 saturated carbocycles. The Balaban J connectivity index is 0.000000595. The number of hydrogen-bond acceptors (Lipinski definition) is 15. The second-order valence-electron chi connectivity index (χ2n) is 16.0. The van der Waals surface area contributed by atoms with Crippen LogP contribution in [0.25, 0.3) is 22.2 Å². The second-order valence-corrected chi connectivity index (χ2v) is 16.9. The molecule has 0 spiro atoms. The molecule has 0 bridgehead atoms. The third-order valence-corrected chi connectivity index (χ3v) is 11.2. The van der Waals surface area contributed by atoms with Crippen LogP contribution in [0.3, 0.4) is 0 Å². The maximum Gasteiger partial charge on any atom is 1.00 e. The van der Waals surface area contributed by atoms with Gasteiger partial charge in [-0.2, -0.15) is 20.7 Å². The van der Waals surface area contributed by atoms with Gasteiger partial charge in [-0.15, -0.1) is 0 Å². The van der Waals surface area contributed by atoms with E-state index in [2.05, 4.69) is 51.6 Å². The van der Waals surface area contributed by atoms with Crippen LogP contribution in [0.4, 0.5) is 11.6 Å². The number of pyridine rings is 4. The molecule has 406 valence electrons. The van der Waals surface area contributed by atoms with Crippen LogP contribution in [0.1, 0.15) is 109 Å². The topological polar surface area (TPSA) is 297 Å². The van der Waals surface area contributed by atoms with Crippen LogP contribution in [0.15, 0.2) is 139 Å². The predicted octanol–water partition coefficient (Wildman–Crippen LogP) is 3.56. The fraction of sp³-hybridized carbons (Fsp3) is 0.218. The zero-order chi connectivity index (χ0) is 56.1. The summed E-state index contributed by atoms with van der Waals surface area (Å²) in [4.78, 5) is 72.3. The Labute approximate surface area is 490 Å². The minimum absolute atomic E-state index is 0. The van der Waals surface area contributed by atoms with Crippen molar-refractivity contribution in [3.63, 3.8) is 0 Å². The fourth-order valence-electron chi connectivity index (χ4n) is 6.99. The zero-order valence-corrected chi connectivity index (χ0v) is 47.2. The molecule has 0 saturated heterocycles. The fourth-order valence-corrected chi connectivity index (χ4v) is 7.38. The number of nitrogens with one attached hydrogen (secondary N) is 2. The largest absolute Gasteiger partial charge is 1.00 e. The summed E-state index contributed by atoms with van der Waals surface area (Å²) in [6, 6.07) is 30.8. The van der Waals surface area contributed by atoms with Gasteiger partial charge in [-0.3, -0.25) is 33.8 Å². The molecule has 4 amide bonds. The summed E-state index contributed by atoms with van der Waals surface area (Å²) >= 11 is 3.43. The second kappa shape index (κ2) is 33.9. The molecule has 6 heterocycles. The third kappa shape index (κ3) is 18.2. The Morgan fingerprint density at radius 2 is 1.08 bits per heavy atom. The van der Waals surface area contributed by atoms with Crippen LogP contribution in [-0.2, 0) is 9.68 Å². The summed E-state index contributed by atoms with van der Waals surface area (Å²) in [5.74, 6) is 0.289. The van der Waals surface area contributed by atoms with Crippen molar-refractivity contribution in [1.29, 1.82) is 10.5 Å². The molecule has 0 radical (unpaired) electrons. The third-order valence-electron chi connectivity index (χ3n) is 10.6. The Bertz CT molecular complexity index is 3330. The number of fused-ring (bicyclic) bond motifs is 2. The first-order valence-corrected chi connectivity index (χ1v) is 24.0. The van der Waals surface area contributed by atoms with E-state index in [1.807, 2.05) is 65.8 Å². The van der Waals surface area contributed by atoms with Crippen LogP contribution < -0.4 is 60.7 Å². The number of carbonyl (C=O) groups excluding carboxylic acids is 5. The molecule has 79 heavy (non-hydrogen) atoms. The van der Waals surface area contributed by atoms with E-state index in [1.54, 1.807) is 111 Å². The van der Waals surface area contributed by atoms with Gasteiger partial charge in [-0.05, 0) is 127 Å². The molecule has 8 aromatic rings. The molecule has 0 fully saturated rings. The Morgan fingerprint density at radius 3 is 1.44 bits per heavy atom. The summed E-state index contributed by atoms with van der Waals surface area (Å²) < 4.78 is 4.23. The van der Waals surface area contributed by atoms with E-state index in [0.29, 0.717) is 50.5 Å². The predicted molar refractivity (Wildman–Crippen MR) is 300 cm³/mol. The van der Waals surface area contributed by atoms with Gasteiger partial charge in [-0.1, -0.05) is 53.0 Å². The van der Waals surface area contributed by atoms with Crippen LogP contribution in [-0.4, -0.2) is 103 Å². The smallest absolute Gasteiger partial charge is 0.662 e. The molecule has 0 atom stereocenters. The Hall–Kier alpha value is -8.13. The Morgan fingerprint density at radius 1 is 0.671 bits per heavy atom. The van der Waals surface area contributed by atoms with E-state index < -0.39 is 7.12 Å². The standard InChI is InChI=1S/C25H22N6O2.C17H14BrN5O.C8H10BNO3.C2H6.CH2O3.2CH4.Na/c1-16(2)31(23-9-4-17(13-26)14-28-23)25(33)20-10-11-30-22(12-20)21(15-29-30)18-5-7-19(8-6-18)24(32)27-3;1-11(2)23(16-4-3-12(8-19)9-20-16)17(24)13-5-6-22-15(7-13)14(18)10-21-22;1-10-8(11)6-2-4-7(5-3-6)9(12)13;1-2;2-1-4-3;;;/h4-12,14-16H,1-3H3,(H,27,32);3-7,9-11H,1-2H3;2-5,12-13H,1H3,(H,10,11);1-2H3;1,3H;2*1H4;/q;;;;;;;+1/p-1. The summed E-state index contributed by atoms with van der Waals surface area (Å²) in [6.07, 6.45) is 9.84. The number of halogens is 1. The van der Waals surface area contributed by atoms with Crippen molar-refractivity contribution < 1.29 is 73.7 Å². The maximum atomic E-state index is 13.5. The number of rotatable bonds is 11. The number of aromatic nitrogens is 6. The van der Waals surface area contributed by atoms with E-state index in [4.69, 9.17) is 30.6 Å². The number of nitriles is 2. The van der Waals surface area contributed by atoms with Crippen molar-refractivity contribution in [1.82, 2.24) is 39.8 Å². The molecule has 8 rings (SSSR count). The normalized spacial score (nSPS) is 9.67. The van der Waals surface area contributed by atoms with E-state index in [1.165, 1.54) is 43.7 Å². The number of carbonyl (C=O) groups is 5. The molecule has 6 aromatic heterocycles. The van der Waals surface area contributed by atoms with Crippen LogP contribution in [0.5, 0.6) is 0 Å². The molecule has 0 unspecified atom stereocenters. The minimum Gasteiger partial charge on any atom is -0.662 e. The number of nitrogens with zero attached hydrogens (tertiary/aromatic N) is 10. The van der Waals surface area contributed by atoms with Crippen molar-refractivity contribution in [3.8, 4) is 23.3 Å². The molecule has 0 aliphatic rings. The maximum absolute atomic E-state index is 13.5. The van der Waals surface area contributed by atoms with Gasteiger partial charge in [0.1, 0.15) is 23.8 Å². The minimum atomic E-state index is -1.49. The molecular formula is C55H61BBrN12NaO9. The molecule has 0 aliphatic heterocycles. The van der Waals surface area contributed by atoms with Gasteiger partial charge in [0.15, 0.2) is 0 Å². The zero-order valence-electron chi connectivity index (χ0n) is 43.6. The van der Waals surface area contributed by atoms with Gasteiger partial charge in [0, 0.05) is 78.8 Å². The molecule has 24 heteroatoms. The summed E-state index contributed by atoms with van der Waals surface area (Å²) in [5, 5.41) is 57.5. The van der Waals surface area contributed by atoms with Crippen molar-refractivity contribution in [2.75, 3.05) is 23.9 Å². The number of amides is 4. The van der Waals surface area contributed by atoms with Gasteiger partial charge in [0.2, 0.25) is 0 Å². The van der Waals surface area contributed by atoms with E-state index in [9.17, 15) is 19.2 Å².